The standard InChI is InChI=1S/C23H26FN7O3/c1-15-13-30(14-22(33)29(3)8-4-7-26-2)23(34)20-10-19(28-31(15)20)17-6-5-16(12-25)9-18(17)27-21(32)11-24/h5-7,9-10,15H,4,8,11,13-14H2,1-3H3,(H,27,32)/b26-7-/t15-/m0/s1. The Bertz CT molecular complexity index is 1170. The number of hydrogen-bond donors (Lipinski definition) is 1. The zero-order chi connectivity index (χ0) is 24.8. The largest absolute Gasteiger partial charge is 0.344 e. The monoisotopic (exact) mass is 467 g/mol. The maximum Gasteiger partial charge on any atom is 0.272 e. The van der Waals surface area contributed by atoms with Crippen LogP contribution in [0.15, 0.2) is 29.3 Å². The molecule has 1 N–H and O–H groups in total. The molecule has 0 aliphatic carbocycles. The van der Waals surface area contributed by atoms with E-state index < -0.39 is 12.6 Å². The second-order valence-corrected chi connectivity index (χ2v) is 7.99. The van der Waals surface area contributed by atoms with Crippen molar-refractivity contribution in [3.63, 3.8) is 0 Å². The van der Waals surface area contributed by atoms with Crippen LogP contribution in [0.25, 0.3) is 11.3 Å². The van der Waals surface area contributed by atoms with Crippen LogP contribution in [0.1, 0.15) is 35.4 Å². The summed E-state index contributed by atoms with van der Waals surface area (Å²) >= 11 is 0. The summed E-state index contributed by atoms with van der Waals surface area (Å²) in [5.74, 6) is -1.37. The number of anilines is 1. The molecule has 0 saturated heterocycles. The number of amides is 3. The Kier molecular flexibility index (Phi) is 7.73. The summed E-state index contributed by atoms with van der Waals surface area (Å²) in [5, 5.41) is 16.1. The Hall–Kier alpha value is -4.07. The molecular formula is C23H26FN7O3. The van der Waals surface area contributed by atoms with Gasteiger partial charge in [0, 0.05) is 39.0 Å². The summed E-state index contributed by atoms with van der Waals surface area (Å²) in [6, 6.07) is 7.91. The lowest BCUT2D eigenvalue weighted by Gasteiger charge is -2.32. The van der Waals surface area contributed by atoms with E-state index in [-0.39, 0.29) is 35.7 Å². The molecule has 0 spiro atoms. The van der Waals surface area contributed by atoms with E-state index >= 15 is 0 Å². The third-order valence-electron chi connectivity index (χ3n) is 5.49. The van der Waals surface area contributed by atoms with Gasteiger partial charge in [0.25, 0.3) is 11.8 Å². The van der Waals surface area contributed by atoms with E-state index in [0.717, 1.165) is 0 Å². The number of carbonyl (C=O) groups is 3. The number of carbonyl (C=O) groups excluding carboxylic acids is 3. The molecule has 0 unspecified atom stereocenters. The third kappa shape index (κ3) is 5.28. The number of nitrogens with zero attached hydrogens (tertiary/aromatic N) is 6. The van der Waals surface area contributed by atoms with Crippen LogP contribution in [0.5, 0.6) is 0 Å². The maximum absolute atomic E-state index is 13.1. The fourth-order valence-electron chi connectivity index (χ4n) is 3.71. The molecule has 2 aromatic rings. The maximum atomic E-state index is 13.1. The molecule has 3 amide bonds. The molecule has 2 heterocycles. The van der Waals surface area contributed by atoms with Crippen molar-refractivity contribution in [2.24, 2.45) is 4.99 Å². The first-order valence-electron chi connectivity index (χ1n) is 10.7. The number of aromatic nitrogens is 2. The van der Waals surface area contributed by atoms with Crippen molar-refractivity contribution in [2.45, 2.75) is 19.4 Å². The molecule has 1 aliphatic rings. The van der Waals surface area contributed by atoms with Crippen molar-refractivity contribution < 1.29 is 18.8 Å². The summed E-state index contributed by atoms with van der Waals surface area (Å²) in [6.07, 6.45) is 2.36. The zero-order valence-electron chi connectivity index (χ0n) is 19.3. The smallest absolute Gasteiger partial charge is 0.272 e. The summed E-state index contributed by atoms with van der Waals surface area (Å²) in [4.78, 5) is 44.3. The number of hydrogen-bond acceptors (Lipinski definition) is 6. The molecule has 10 nitrogen and oxygen atoms in total. The number of likely N-dealkylation sites (N-methyl/N-ethyl adjacent to an activating group) is 1. The first-order chi connectivity index (χ1) is 16.3. The van der Waals surface area contributed by atoms with Crippen LogP contribution < -0.4 is 5.32 Å². The summed E-state index contributed by atoms with van der Waals surface area (Å²) < 4.78 is 14.4. The number of fused-ring (bicyclic) bond motifs is 1. The van der Waals surface area contributed by atoms with Gasteiger partial charge in [0.15, 0.2) is 6.67 Å². The second kappa shape index (κ2) is 10.7. The van der Waals surface area contributed by atoms with Gasteiger partial charge in [-0.25, -0.2) is 4.39 Å². The van der Waals surface area contributed by atoms with Gasteiger partial charge in [-0.2, -0.15) is 10.4 Å². The van der Waals surface area contributed by atoms with Crippen molar-refractivity contribution in [1.82, 2.24) is 19.6 Å². The minimum absolute atomic E-state index is 0.0574. The quantitative estimate of drug-likeness (QED) is 0.594. The van der Waals surface area contributed by atoms with Crippen molar-refractivity contribution in [1.29, 1.82) is 5.26 Å². The van der Waals surface area contributed by atoms with Crippen LogP contribution >= 0.6 is 0 Å². The van der Waals surface area contributed by atoms with Gasteiger partial charge in [0.1, 0.15) is 12.2 Å². The zero-order valence-corrected chi connectivity index (χ0v) is 19.3. The van der Waals surface area contributed by atoms with Gasteiger partial charge in [-0.15, -0.1) is 0 Å². The topological polar surface area (TPSA) is 124 Å². The van der Waals surface area contributed by atoms with E-state index in [1.165, 1.54) is 11.0 Å². The number of nitriles is 1. The lowest BCUT2D eigenvalue weighted by Crippen LogP contribution is -2.47. The van der Waals surface area contributed by atoms with Crippen LogP contribution in [0.2, 0.25) is 0 Å². The molecule has 1 aromatic heterocycles. The van der Waals surface area contributed by atoms with E-state index in [1.807, 2.05) is 13.0 Å². The Morgan fingerprint density at radius 3 is 2.85 bits per heavy atom. The molecule has 1 aromatic carbocycles. The first kappa shape index (κ1) is 24.6. The predicted octanol–water partition coefficient (Wildman–Crippen LogP) is 1.90. The van der Waals surface area contributed by atoms with Gasteiger partial charge >= 0.3 is 0 Å². The lowest BCUT2D eigenvalue weighted by atomic mass is 10.1. The molecule has 0 fully saturated rings. The Labute approximate surface area is 196 Å². The van der Waals surface area contributed by atoms with Gasteiger partial charge in [-0.05, 0) is 37.6 Å². The van der Waals surface area contributed by atoms with E-state index in [4.69, 9.17) is 0 Å². The van der Waals surface area contributed by atoms with Gasteiger partial charge in [0.2, 0.25) is 5.91 Å². The lowest BCUT2D eigenvalue weighted by molar-refractivity contribution is -0.130. The minimum atomic E-state index is -1.21. The molecule has 1 atom stereocenters. The highest BCUT2D eigenvalue weighted by atomic mass is 19.1. The highest BCUT2D eigenvalue weighted by Gasteiger charge is 2.33. The molecule has 34 heavy (non-hydrogen) atoms. The van der Waals surface area contributed by atoms with Crippen LogP contribution in [0.4, 0.5) is 10.1 Å². The normalized spacial score (nSPS) is 15.2. The van der Waals surface area contributed by atoms with Crippen molar-refractivity contribution in [3.8, 4) is 17.3 Å². The molecule has 0 radical (unpaired) electrons. The van der Waals surface area contributed by atoms with Gasteiger partial charge in [-0.1, -0.05) is 0 Å². The fraction of sp³-hybridized carbons (Fsp3) is 0.391. The fourth-order valence-corrected chi connectivity index (χ4v) is 3.71. The summed E-state index contributed by atoms with van der Waals surface area (Å²) in [6.45, 7) is 1.42. The van der Waals surface area contributed by atoms with Crippen molar-refractivity contribution >= 4 is 29.6 Å². The Morgan fingerprint density at radius 2 is 2.18 bits per heavy atom. The molecule has 1 aliphatic heterocycles. The number of halogens is 1. The minimum Gasteiger partial charge on any atom is -0.344 e. The van der Waals surface area contributed by atoms with Crippen molar-refractivity contribution in [2.75, 3.05) is 45.7 Å². The molecule has 11 heteroatoms. The van der Waals surface area contributed by atoms with Crippen LogP contribution in [-0.4, -0.2) is 83.9 Å². The molecule has 178 valence electrons. The highest BCUT2D eigenvalue weighted by Crippen LogP contribution is 2.31. The van der Waals surface area contributed by atoms with Crippen LogP contribution in [0.3, 0.4) is 0 Å². The van der Waals surface area contributed by atoms with Crippen LogP contribution in [-0.2, 0) is 9.59 Å². The summed E-state index contributed by atoms with van der Waals surface area (Å²) in [5.41, 5.74) is 1.64. The van der Waals surface area contributed by atoms with Crippen LogP contribution in [0, 0.1) is 11.3 Å². The van der Waals surface area contributed by atoms with Gasteiger partial charge in [0.05, 0.1) is 29.1 Å². The predicted molar refractivity (Wildman–Crippen MR) is 124 cm³/mol. The third-order valence-corrected chi connectivity index (χ3v) is 5.49. The number of rotatable bonds is 8. The number of nitrogens with one attached hydrogen (secondary N) is 1. The number of alkyl halides is 1. The number of aliphatic imine (C=N–C) groups is 1. The first-order valence-corrected chi connectivity index (χ1v) is 10.7. The summed E-state index contributed by atoms with van der Waals surface area (Å²) in [7, 11) is 3.35. The average Bonchev–Trinajstić information content (AvgIpc) is 3.28. The SMILES string of the molecule is C/N=C\CCN(C)C(=O)CN1C[C@H](C)n2nc(-c3ccc(C#N)cc3NC(=O)CF)cc2C1=O. The number of benzene rings is 1. The molecule has 0 bridgehead atoms. The Balaban J connectivity index is 1.86. The Morgan fingerprint density at radius 1 is 1.41 bits per heavy atom. The highest BCUT2D eigenvalue weighted by molar-refractivity contribution is 5.99. The second-order valence-electron chi connectivity index (χ2n) is 7.99. The van der Waals surface area contributed by atoms with E-state index in [2.05, 4.69) is 15.4 Å². The molecular weight excluding hydrogens is 441 g/mol. The van der Waals surface area contributed by atoms with E-state index in [1.54, 1.807) is 48.1 Å². The van der Waals surface area contributed by atoms with E-state index in [0.29, 0.717) is 36.5 Å². The van der Waals surface area contributed by atoms with Gasteiger partial charge in [-0.3, -0.25) is 19.1 Å². The van der Waals surface area contributed by atoms with Gasteiger partial charge < -0.3 is 20.1 Å². The average molecular weight is 468 g/mol. The van der Waals surface area contributed by atoms with E-state index in [9.17, 15) is 24.0 Å². The molecule has 3 rings (SSSR count). The van der Waals surface area contributed by atoms with Crippen molar-refractivity contribution in [3.05, 3.63) is 35.5 Å². The molecule has 0 saturated carbocycles.